The van der Waals surface area contributed by atoms with E-state index in [4.69, 9.17) is 14.7 Å². The van der Waals surface area contributed by atoms with Crippen LogP contribution in [0, 0.1) is 0 Å². The third kappa shape index (κ3) is 4.88. The van der Waals surface area contributed by atoms with Crippen molar-refractivity contribution in [2.75, 3.05) is 35.7 Å². The van der Waals surface area contributed by atoms with Crippen molar-refractivity contribution in [3.8, 4) is 11.4 Å². The zero-order chi connectivity index (χ0) is 24.5. The molecule has 2 amide bonds. The monoisotopic (exact) mass is 487 g/mol. The first-order chi connectivity index (χ1) is 16.1. The highest BCUT2D eigenvalue weighted by Crippen LogP contribution is 2.53. The minimum absolute atomic E-state index is 0.0329. The first kappa shape index (κ1) is 24.4. The minimum Gasteiger partial charge on any atom is -0.377 e. The second-order valence-electron chi connectivity index (χ2n) is 9.28. The maximum atomic E-state index is 13.0. The second-order valence-corrected chi connectivity index (χ2v) is 11.9. The predicted octanol–water partition coefficient (Wildman–Crippen LogP) is 3.32. The van der Waals surface area contributed by atoms with Crippen molar-refractivity contribution < 1.29 is 17.9 Å². The number of benzene rings is 1. The Morgan fingerprint density at radius 1 is 1.24 bits per heavy atom. The zero-order valence-electron chi connectivity index (χ0n) is 20.2. The summed E-state index contributed by atoms with van der Waals surface area (Å²) in [6, 6.07) is 8.98. The number of aromatic nitrogens is 2. The van der Waals surface area contributed by atoms with Gasteiger partial charge in [0.05, 0.1) is 24.9 Å². The Morgan fingerprint density at radius 3 is 2.53 bits per heavy atom. The lowest BCUT2D eigenvalue weighted by atomic mass is 10.1. The maximum absolute atomic E-state index is 13.0. The van der Waals surface area contributed by atoms with E-state index < -0.39 is 14.6 Å². The maximum Gasteiger partial charge on any atom is 0.319 e. The highest BCUT2D eigenvalue weighted by Gasteiger charge is 2.56. The summed E-state index contributed by atoms with van der Waals surface area (Å²) >= 11 is 0. The molecule has 2 fully saturated rings. The summed E-state index contributed by atoms with van der Waals surface area (Å²) in [5.74, 6) is 1.27. The average Bonchev–Trinajstić information content (AvgIpc) is 3.62. The van der Waals surface area contributed by atoms with Crippen LogP contribution in [-0.2, 0) is 19.3 Å². The summed E-state index contributed by atoms with van der Waals surface area (Å²) in [5.41, 5.74) is 1.96. The third-order valence-corrected chi connectivity index (χ3v) is 8.91. The van der Waals surface area contributed by atoms with E-state index in [1.54, 1.807) is 19.1 Å². The van der Waals surface area contributed by atoms with Crippen LogP contribution >= 0.6 is 0 Å². The number of hydrogen-bond donors (Lipinski definition) is 2. The molecule has 0 spiro atoms. The lowest BCUT2D eigenvalue weighted by Gasteiger charge is -2.34. The number of sulfone groups is 1. The van der Waals surface area contributed by atoms with Crippen molar-refractivity contribution in [2.45, 2.75) is 57.4 Å². The molecule has 34 heavy (non-hydrogen) atoms. The van der Waals surface area contributed by atoms with Gasteiger partial charge in [0.2, 0.25) is 0 Å². The molecule has 2 aromatic rings. The Labute approximate surface area is 201 Å². The smallest absolute Gasteiger partial charge is 0.319 e. The fourth-order valence-electron chi connectivity index (χ4n) is 4.26. The van der Waals surface area contributed by atoms with Crippen molar-refractivity contribution in [2.24, 2.45) is 0 Å². The number of morpholine rings is 1. The first-order valence-corrected chi connectivity index (χ1v) is 13.4. The molecule has 1 aliphatic heterocycles. The highest BCUT2D eigenvalue weighted by atomic mass is 32.2. The SMILES string of the molecule is CCS(=O)(=O)C1(c2cc(N3CCOC[C@@H]3C)nc(-c3ccc(NC(=O)NC(C)C)cc3)n2)CC1. The highest BCUT2D eigenvalue weighted by molar-refractivity contribution is 7.92. The van der Waals surface area contributed by atoms with E-state index in [0.717, 1.165) is 5.56 Å². The molecule has 2 N–H and O–H groups in total. The van der Waals surface area contributed by atoms with E-state index in [1.807, 2.05) is 32.0 Å². The Morgan fingerprint density at radius 2 is 1.94 bits per heavy atom. The molecule has 1 saturated heterocycles. The van der Waals surface area contributed by atoms with Gasteiger partial charge >= 0.3 is 6.03 Å². The molecule has 0 bridgehead atoms. The standard InChI is InChI=1S/C24H33N5O4S/c1-5-34(31,32)24(10-11-24)20-14-21(29-12-13-33-15-17(29)4)28-22(27-20)18-6-8-19(9-7-18)26-23(30)25-16(2)3/h6-9,14,16-17H,5,10-13,15H2,1-4H3,(H2,25,26,30)/t17-/m0/s1. The van der Waals surface area contributed by atoms with E-state index in [2.05, 4.69) is 22.5 Å². The molecule has 2 aliphatic rings. The van der Waals surface area contributed by atoms with Gasteiger partial charge < -0.3 is 20.3 Å². The number of amides is 2. The van der Waals surface area contributed by atoms with E-state index in [0.29, 0.717) is 55.6 Å². The molecule has 4 rings (SSSR count). The van der Waals surface area contributed by atoms with Gasteiger partial charge in [0.25, 0.3) is 0 Å². The van der Waals surface area contributed by atoms with Crippen LogP contribution in [-0.4, -0.2) is 62.0 Å². The van der Waals surface area contributed by atoms with Gasteiger partial charge in [-0.05, 0) is 57.9 Å². The minimum atomic E-state index is -3.32. The summed E-state index contributed by atoms with van der Waals surface area (Å²) < 4.78 is 30.6. The molecule has 1 saturated carbocycles. The lowest BCUT2D eigenvalue weighted by molar-refractivity contribution is 0.0985. The van der Waals surface area contributed by atoms with Gasteiger partial charge in [0.1, 0.15) is 10.6 Å². The quantitative estimate of drug-likeness (QED) is 0.616. The van der Waals surface area contributed by atoms with Crippen molar-refractivity contribution in [1.82, 2.24) is 15.3 Å². The summed E-state index contributed by atoms with van der Waals surface area (Å²) in [5, 5.41) is 5.59. The number of hydrogen-bond acceptors (Lipinski definition) is 7. The molecular weight excluding hydrogens is 454 g/mol. The molecule has 1 aliphatic carbocycles. The number of rotatable bonds is 7. The van der Waals surface area contributed by atoms with Crippen LogP contribution in [0.15, 0.2) is 30.3 Å². The largest absolute Gasteiger partial charge is 0.377 e. The molecule has 2 heterocycles. The molecule has 0 unspecified atom stereocenters. The van der Waals surface area contributed by atoms with Crippen LogP contribution in [0.5, 0.6) is 0 Å². The molecular formula is C24H33N5O4S. The molecule has 1 aromatic carbocycles. The van der Waals surface area contributed by atoms with E-state index in [-0.39, 0.29) is 23.9 Å². The zero-order valence-corrected chi connectivity index (χ0v) is 21.0. The van der Waals surface area contributed by atoms with Gasteiger partial charge in [-0.25, -0.2) is 23.2 Å². The number of nitrogens with zero attached hydrogens (tertiary/aromatic N) is 3. The van der Waals surface area contributed by atoms with Crippen molar-refractivity contribution in [3.63, 3.8) is 0 Å². The van der Waals surface area contributed by atoms with Crippen LogP contribution in [0.1, 0.15) is 46.2 Å². The van der Waals surface area contributed by atoms with Gasteiger partial charge in [-0.15, -0.1) is 0 Å². The topological polar surface area (TPSA) is 114 Å². The van der Waals surface area contributed by atoms with Gasteiger partial charge in [-0.1, -0.05) is 6.92 Å². The van der Waals surface area contributed by atoms with Crippen LogP contribution < -0.4 is 15.5 Å². The van der Waals surface area contributed by atoms with Crippen LogP contribution in [0.4, 0.5) is 16.3 Å². The fourth-order valence-corrected chi connectivity index (χ4v) is 5.96. The van der Waals surface area contributed by atoms with Crippen LogP contribution in [0.25, 0.3) is 11.4 Å². The van der Waals surface area contributed by atoms with Crippen molar-refractivity contribution >= 4 is 27.4 Å². The van der Waals surface area contributed by atoms with Crippen LogP contribution in [0.3, 0.4) is 0 Å². The first-order valence-electron chi connectivity index (χ1n) is 11.8. The van der Waals surface area contributed by atoms with Crippen LogP contribution in [0.2, 0.25) is 0 Å². The third-order valence-electron chi connectivity index (χ3n) is 6.34. The van der Waals surface area contributed by atoms with Gasteiger partial charge in [-0.2, -0.15) is 0 Å². The van der Waals surface area contributed by atoms with E-state index >= 15 is 0 Å². The number of carbonyl (C=O) groups is 1. The Balaban J connectivity index is 1.71. The summed E-state index contributed by atoms with van der Waals surface area (Å²) in [6.07, 6.45) is 1.15. The number of ether oxygens (including phenoxy) is 1. The van der Waals surface area contributed by atoms with E-state index in [9.17, 15) is 13.2 Å². The average molecular weight is 488 g/mol. The second kappa shape index (κ2) is 9.50. The molecule has 184 valence electrons. The molecule has 0 radical (unpaired) electrons. The predicted molar refractivity (Wildman–Crippen MR) is 133 cm³/mol. The fraction of sp³-hybridized carbons (Fsp3) is 0.542. The Bertz CT molecular complexity index is 1150. The number of nitrogens with one attached hydrogen (secondary N) is 2. The molecule has 1 aromatic heterocycles. The Hall–Kier alpha value is -2.72. The molecule has 1 atom stereocenters. The van der Waals surface area contributed by atoms with Gasteiger partial charge in [0.15, 0.2) is 15.7 Å². The molecule has 10 heteroatoms. The summed E-state index contributed by atoms with van der Waals surface area (Å²) in [4.78, 5) is 23.7. The summed E-state index contributed by atoms with van der Waals surface area (Å²) in [7, 11) is -3.32. The molecule has 9 nitrogen and oxygen atoms in total. The van der Waals surface area contributed by atoms with Crippen molar-refractivity contribution in [3.05, 3.63) is 36.0 Å². The Kier molecular flexibility index (Phi) is 6.82. The normalized spacial score (nSPS) is 19.7. The summed E-state index contributed by atoms with van der Waals surface area (Å²) in [6.45, 7) is 9.40. The number of anilines is 2. The van der Waals surface area contributed by atoms with Gasteiger partial charge in [-0.3, -0.25) is 0 Å². The number of carbonyl (C=O) groups excluding carboxylic acids is 1. The van der Waals surface area contributed by atoms with E-state index in [1.165, 1.54) is 0 Å². The van der Waals surface area contributed by atoms with Gasteiger partial charge in [0, 0.05) is 35.7 Å². The van der Waals surface area contributed by atoms with Crippen molar-refractivity contribution in [1.29, 1.82) is 0 Å². The lowest BCUT2D eigenvalue weighted by Crippen LogP contribution is -2.44. The number of urea groups is 1.